The lowest BCUT2D eigenvalue weighted by Crippen LogP contribution is -2.20. The standard InChI is InChI=1S/C20H14O6S/c1-11-5-3-7-13-9-15(19(21)25-17(11)13)27(23,24)16-10-14-8-4-6-12(2)18(14)26-20(16)22/h3-10H,1-2H3. The third kappa shape index (κ3) is 2.67. The number of benzene rings is 2. The monoisotopic (exact) mass is 382 g/mol. The first-order valence-corrected chi connectivity index (χ1v) is 9.59. The predicted molar refractivity (Wildman–Crippen MR) is 99.9 cm³/mol. The summed E-state index contributed by atoms with van der Waals surface area (Å²) in [6, 6.07) is 12.7. The average Bonchev–Trinajstić information content (AvgIpc) is 2.62. The van der Waals surface area contributed by atoms with Gasteiger partial charge in [-0.15, -0.1) is 0 Å². The van der Waals surface area contributed by atoms with E-state index in [1.165, 1.54) is 12.1 Å². The Morgan fingerprint density at radius 1 is 0.704 bits per heavy atom. The van der Waals surface area contributed by atoms with E-state index in [9.17, 15) is 18.0 Å². The molecule has 0 aliphatic rings. The summed E-state index contributed by atoms with van der Waals surface area (Å²) in [5.74, 6) is 0. The normalized spacial score (nSPS) is 11.9. The summed E-state index contributed by atoms with van der Waals surface area (Å²) >= 11 is 0. The van der Waals surface area contributed by atoms with Crippen molar-refractivity contribution in [2.24, 2.45) is 0 Å². The molecule has 0 aliphatic heterocycles. The number of sulfone groups is 1. The Hall–Kier alpha value is -3.19. The van der Waals surface area contributed by atoms with E-state index in [1.807, 2.05) is 0 Å². The van der Waals surface area contributed by atoms with Crippen LogP contribution in [-0.4, -0.2) is 8.42 Å². The molecule has 0 saturated carbocycles. The molecule has 2 aromatic carbocycles. The molecule has 0 N–H and O–H groups in total. The van der Waals surface area contributed by atoms with Crippen molar-refractivity contribution in [3.63, 3.8) is 0 Å². The van der Waals surface area contributed by atoms with Crippen LogP contribution in [0.5, 0.6) is 0 Å². The van der Waals surface area contributed by atoms with Crippen molar-refractivity contribution in [3.8, 4) is 0 Å². The minimum Gasteiger partial charge on any atom is -0.421 e. The molecule has 2 aromatic heterocycles. The molecule has 0 amide bonds. The van der Waals surface area contributed by atoms with Crippen molar-refractivity contribution < 1.29 is 17.3 Å². The first kappa shape index (κ1) is 17.2. The van der Waals surface area contributed by atoms with Crippen LogP contribution in [0.25, 0.3) is 21.9 Å². The highest BCUT2D eigenvalue weighted by Gasteiger charge is 2.28. The third-order valence-corrected chi connectivity index (χ3v) is 6.16. The van der Waals surface area contributed by atoms with Gasteiger partial charge in [-0.2, -0.15) is 0 Å². The predicted octanol–water partition coefficient (Wildman–Crippen LogP) is 3.35. The Balaban J connectivity index is 2.02. The second-order valence-corrected chi connectivity index (χ2v) is 8.17. The van der Waals surface area contributed by atoms with E-state index >= 15 is 0 Å². The summed E-state index contributed by atoms with van der Waals surface area (Å²) in [5.41, 5.74) is -0.0326. The Labute approximate surface area is 153 Å². The van der Waals surface area contributed by atoms with Crippen LogP contribution in [-0.2, 0) is 9.84 Å². The molecular weight excluding hydrogens is 368 g/mol. The number of aryl methyl sites for hydroxylation is 2. The summed E-state index contributed by atoms with van der Waals surface area (Å²) in [7, 11) is -4.42. The van der Waals surface area contributed by atoms with Gasteiger partial charge in [-0.05, 0) is 37.1 Å². The van der Waals surface area contributed by atoms with Gasteiger partial charge in [0.15, 0.2) is 9.79 Å². The first-order chi connectivity index (χ1) is 12.8. The summed E-state index contributed by atoms with van der Waals surface area (Å²) in [6.45, 7) is 3.50. The van der Waals surface area contributed by atoms with E-state index in [0.717, 1.165) is 0 Å². The topological polar surface area (TPSA) is 94.6 Å². The van der Waals surface area contributed by atoms with Gasteiger partial charge in [0.25, 0.3) is 0 Å². The molecule has 2 heterocycles. The zero-order valence-electron chi connectivity index (χ0n) is 14.5. The molecule has 136 valence electrons. The van der Waals surface area contributed by atoms with Gasteiger partial charge < -0.3 is 8.83 Å². The second kappa shape index (κ2) is 5.92. The summed E-state index contributed by atoms with van der Waals surface area (Å²) < 4.78 is 36.4. The fraction of sp³-hybridized carbons (Fsp3) is 0.100. The lowest BCUT2D eigenvalue weighted by Gasteiger charge is -2.06. The van der Waals surface area contributed by atoms with Crippen LogP contribution < -0.4 is 11.3 Å². The van der Waals surface area contributed by atoms with Crippen LogP contribution in [0.3, 0.4) is 0 Å². The Morgan fingerprint density at radius 2 is 1.11 bits per heavy atom. The van der Waals surface area contributed by atoms with Gasteiger partial charge in [0.05, 0.1) is 0 Å². The molecule has 4 aromatic rings. The van der Waals surface area contributed by atoms with Crippen LogP contribution >= 0.6 is 0 Å². The van der Waals surface area contributed by atoms with Gasteiger partial charge in [-0.3, -0.25) is 0 Å². The quantitative estimate of drug-likeness (QED) is 0.494. The van der Waals surface area contributed by atoms with E-state index in [0.29, 0.717) is 33.1 Å². The van der Waals surface area contributed by atoms with E-state index < -0.39 is 30.9 Å². The van der Waals surface area contributed by atoms with Gasteiger partial charge in [0, 0.05) is 10.8 Å². The number of rotatable bonds is 2. The van der Waals surface area contributed by atoms with Crippen LogP contribution in [0.15, 0.2) is 76.7 Å². The molecule has 7 heteroatoms. The lowest BCUT2D eigenvalue weighted by molar-refractivity contribution is 0.520. The van der Waals surface area contributed by atoms with Crippen LogP contribution in [0.2, 0.25) is 0 Å². The molecule has 0 aliphatic carbocycles. The number of para-hydroxylation sites is 2. The highest BCUT2D eigenvalue weighted by molar-refractivity contribution is 7.91. The smallest absolute Gasteiger partial charge is 0.355 e. The SMILES string of the molecule is Cc1cccc2cc(S(=O)(=O)c3cc4cccc(C)c4oc3=O)c(=O)oc12. The minimum atomic E-state index is -4.42. The second-order valence-electron chi connectivity index (χ2n) is 6.29. The van der Waals surface area contributed by atoms with E-state index in [1.54, 1.807) is 50.2 Å². The number of hydrogen-bond acceptors (Lipinski definition) is 6. The zero-order valence-corrected chi connectivity index (χ0v) is 15.3. The molecule has 6 nitrogen and oxygen atoms in total. The fourth-order valence-corrected chi connectivity index (χ4v) is 4.36. The molecule has 0 saturated heterocycles. The van der Waals surface area contributed by atoms with Crippen molar-refractivity contribution in [1.29, 1.82) is 0 Å². The third-order valence-electron chi connectivity index (χ3n) is 4.43. The Morgan fingerprint density at radius 3 is 1.52 bits per heavy atom. The van der Waals surface area contributed by atoms with Crippen LogP contribution in [0.1, 0.15) is 11.1 Å². The minimum absolute atomic E-state index is 0.308. The van der Waals surface area contributed by atoms with Gasteiger partial charge >= 0.3 is 11.3 Å². The number of fused-ring (bicyclic) bond motifs is 2. The molecule has 4 rings (SSSR count). The maximum atomic E-state index is 13.0. The van der Waals surface area contributed by atoms with Gasteiger partial charge in [0.2, 0.25) is 9.84 Å². The van der Waals surface area contributed by atoms with Crippen molar-refractivity contribution >= 4 is 31.8 Å². The fourth-order valence-electron chi connectivity index (χ4n) is 3.04. The number of hydrogen-bond donors (Lipinski definition) is 0. The maximum absolute atomic E-state index is 13.0. The molecule has 0 spiro atoms. The summed E-state index contributed by atoms with van der Waals surface area (Å²) in [6.07, 6.45) is 0. The van der Waals surface area contributed by atoms with Crippen molar-refractivity contribution in [2.45, 2.75) is 23.6 Å². The Kier molecular flexibility index (Phi) is 3.78. The maximum Gasteiger partial charge on any atom is 0.355 e. The lowest BCUT2D eigenvalue weighted by atomic mass is 10.1. The van der Waals surface area contributed by atoms with E-state index in [-0.39, 0.29) is 0 Å². The molecular formula is C20H14O6S. The van der Waals surface area contributed by atoms with Gasteiger partial charge in [0.1, 0.15) is 11.2 Å². The van der Waals surface area contributed by atoms with Crippen LogP contribution in [0.4, 0.5) is 0 Å². The van der Waals surface area contributed by atoms with Crippen LogP contribution in [0, 0.1) is 13.8 Å². The zero-order chi connectivity index (χ0) is 19.3. The molecule has 0 atom stereocenters. The van der Waals surface area contributed by atoms with Crippen molar-refractivity contribution in [3.05, 3.63) is 80.5 Å². The molecule has 27 heavy (non-hydrogen) atoms. The average molecular weight is 382 g/mol. The largest absolute Gasteiger partial charge is 0.421 e. The highest BCUT2D eigenvalue weighted by atomic mass is 32.2. The highest BCUT2D eigenvalue weighted by Crippen LogP contribution is 2.25. The molecule has 0 bridgehead atoms. The summed E-state index contributed by atoms with van der Waals surface area (Å²) in [5, 5.41) is 0.906. The molecule has 0 fully saturated rings. The first-order valence-electron chi connectivity index (χ1n) is 8.11. The van der Waals surface area contributed by atoms with E-state index in [4.69, 9.17) is 8.83 Å². The Bertz CT molecular complexity index is 1340. The van der Waals surface area contributed by atoms with Crippen molar-refractivity contribution in [2.75, 3.05) is 0 Å². The molecule has 0 unspecified atom stereocenters. The summed E-state index contributed by atoms with van der Waals surface area (Å²) in [4.78, 5) is 23.5. The molecule has 0 radical (unpaired) electrons. The van der Waals surface area contributed by atoms with E-state index in [2.05, 4.69) is 0 Å². The van der Waals surface area contributed by atoms with Gasteiger partial charge in [-0.25, -0.2) is 18.0 Å². The van der Waals surface area contributed by atoms with Gasteiger partial charge in [-0.1, -0.05) is 36.4 Å². The van der Waals surface area contributed by atoms with Crippen molar-refractivity contribution in [1.82, 2.24) is 0 Å².